The van der Waals surface area contributed by atoms with Crippen LogP contribution >= 0.6 is 27.5 Å². The van der Waals surface area contributed by atoms with Crippen molar-refractivity contribution in [3.05, 3.63) is 45.1 Å². The Morgan fingerprint density at radius 3 is 2.88 bits per heavy atom. The van der Waals surface area contributed by atoms with E-state index in [9.17, 15) is 0 Å². The molecule has 16 heavy (non-hydrogen) atoms. The molecule has 2 aromatic rings. The van der Waals surface area contributed by atoms with Crippen LogP contribution in [-0.4, -0.2) is 5.16 Å². The first-order valence-corrected chi connectivity index (χ1v) is 5.93. The Labute approximate surface area is 107 Å². The number of anilines is 1. The van der Waals surface area contributed by atoms with Gasteiger partial charge < -0.3 is 9.84 Å². The van der Waals surface area contributed by atoms with Crippen molar-refractivity contribution in [2.45, 2.75) is 13.5 Å². The van der Waals surface area contributed by atoms with Crippen molar-refractivity contribution < 1.29 is 4.52 Å². The first kappa shape index (κ1) is 11.5. The summed E-state index contributed by atoms with van der Waals surface area (Å²) in [6.45, 7) is 2.54. The normalized spacial score (nSPS) is 10.4. The molecule has 0 fully saturated rings. The number of nitrogens with zero attached hydrogens (tertiary/aromatic N) is 1. The van der Waals surface area contributed by atoms with Gasteiger partial charge in [-0.1, -0.05) is 22.8 Å². The van der Waals surface area contributed by atoms with Crippen LogP contribution in [0.5, 0.6) is 0 Å². The van der Waals surface area contributed by atoms with Gasteiger partial charge in [-0.2, -0.15) is 0 Å². The third kappa shape index (κ3) is 2.77. The van der Waals surface area contributed by atoms with Crippen LogP contribution in [0.1, 0.15) is 11.3 Å². The van der Waals surface area contributed by atoms with Gasteiger partial charge in [-0.15, -0.1) is 0 Å². The zero-order chi connectivity index (χ0) is 11.5. The number of nitrogens with one attached hydrogen (secondary N) is 1. The van der Waals surface area contributed by atoms with E-state index in [1.54, 1.807) is 0 Å². The molecule has 1 N–H and O–H groups in total. The van der Waals surface area contributed by atoms with Crippen molar-refractivity contribution in [1.82, 2.24) is 5.16 Å². The maximum Gasteiger partial charge on any atom is 0.169 e. The van der Waals surface area contributed by atoms with Gasteiger partial charge in [0, 0.05) is 17.1 Å². The molecule has 0 saturated carbocycles. The van der Waals surface area contributed by atoms with Crippen LogP contribution in [0, 0.1) is 6.92 Å². The summed E-state index contributed by atoms with van der Waals surface area (Å²) < 4.78 is 5.85. The van der Waals surface area contributed by atoms with Crippen LogP contribution in [0.2, 0.25) is 5.02 Å². The quantitative estimate of drug-likeness (QED) is 0.931. The molecule has 84 valence electrons. The first-order chi connectivity index (χ1) is 7.65. The van der Waals surface area contributed by atoms with Crippen LogP contribution in [0.3, 0.4) is 0 Å². The molecule has 0 aliphatic rings. The molecule has 2 rings (SSSR count). The second-order valence-corrected chi connectivity index (χ2v) is 4.69. The zero-order valence-corrected chi connectivity index (χ0v) is 11.0. The largest absolute Gasteiger partial charge is 0.363 e. The molecule has 0 aliphatic carbocycles. The molecule has 3 nitrogen and oxygen atoms in total. The Morgan fingerprint density at radius 2 is 2.25 bits per heavy atom. The fourth-order valence-corrected chi connectivity index (χ4v) is 1.84. The van der Waals surface area contributed by atoms with Crippen LogP contribution in [0.25, 0.3) is 0 Å². The minimum absolute atomic E-state index is 0.682. The number of aromatic nitrogens is 1. The molecule has 1 heterocycles. The molecule has 1 aromatic carbocycles. The predicted octanol–water partition coefficient (Wildman–Crippen LogP) is 4.01. The van der Waals surface area contributed by atoms with E-state index in [-0.39, 0.29) is 0 Å². The molecular weight excluding hydrogens is 291 g/mol. The summed E-state index contributed by atoms with van der Waals surface area (Å²) in [6, 6.07) is 7.65. The second-order valence-electron chi connectivity index (χ2n) is 3.42. The Hall–Kier alpha value is -1.00. The molecule has 0 saturated heterocycles. The van der Waals surface area contributed by atoms with Gasteiger partial charge in [-0.25, -0.2) is 0 Å². The average molecular weight is 302 g/mol. The van der Waals surface area contributed by atoms with E-state index >= 15 is 0 Å². The molecular formula is C11H10BrClN2O. The van der Waals surface area contributed by atoms with Gasteiger partial charge in [0.2, 0.25) is 0 Å². The standard InChI is InChI=1S/C11H10BrClN2O/c1-7-4-11(15-16-7)14-6-8-2-3-10(13)9(12)5-8/h2-5H,6H2,1H3,(H,14,15). The number of aryl methyl sites for hydroxylation is 1. The first-order valence-electron chi connectivity index (χ1n) is 4.76. The van der Waals surface area contributed by atoms with E-state index < -0.39 is 0 Å². The molecule has 5 heteroatoms. The minimum Gasteiger partial charge on any atom is -0.363 e. The number of hydrogen-bond donors (Lipinski definition) is 1. The van der Waals surface area contributed by atoms with Crippen molar-refractivity contribution in [2.24, 2.45) is 0 Å². The Balaban J connectivity index is 2.02. The van der Waals surface area contributed by atoms with E-state index in [1.165, 1.54) is 0 Å². The third-order valence-corrected chi connectivity index (χ3v) is 3.30. The van der Waals surface area contributed by atoms with E-state index in [0.29, 0.717) is 11.6 Å². The average Bonchev–Trinajstić information content (AvgIpc) is 2.66. The summed E-state index contributed by atoms with van der Waals surface area (Å²) in [5.41, 5.74) is 1.12. The third-order valence-electron chi connectivity index (χ3n) is 2.09. The Kier molecular flexibility index (Phi) is 3.51. The van der Waals surface area contributed by atoms with Gasteiger partial charge in [0.15, 0.2) is 5.82 Å². The molecule has 0 aliphatic heterocycles. The monoisotopic (exact) mass is 300 g/mol. The highest BCUT2D eigenvalue weighted by atomic mass is 79.9. The maximum absolute atomic E-state index is 5.91. The molecule has 0 radical (unpaired) electrons. The summed E-state index contributed by atoms with van der Waals surface area (Å²) in [6.07, 6.45) is 0. The lowest BCUT2D eigenvalue weighted by Gasteiger charge is -2.04. The number of halogens is 2. The van der Waals surface area contributed by atoms with Gasteiger partial charge in [0.1, 0.15) is 5.76 Å². The molecule has 0 spiro atoms. The van der Waals surface area contributed by atoms with Crippen LogP contribution in [0.15, 0.2) is 33.3 Å². The summed E-state index contributed by atoms with van der Waals surface area (Å²) in [7, 11) is 0. The van der Waals surface area contributed by atoms with Crippen LogP contribution in [-0.2, 0) is 6.54 Å². The number of rotatable bonds is 3. The van der Waals surface area contributed by atoms with E-state index in [0.717, 1.165) is 21.6 Å². The lowest BCUT2D eigenvalue weighted by Crippen LogP contribution is -1.99. The summed E-state index contributed by atoms with van der Waals surface area (Å²) in [5, 5.41) is 7.72. The van der Waals surface area contributed by atoms with Crippen molar-refractivity contribution >= 4 is 33.3 Å². The predicted molar refractivity (Wildman–Crippen MR) is 67.7 cm³/mol. The van der Waals surface area contributed by atoms with Crippen molar-refractivity contribution in [3.63, 3.8) is 0 Å². The van der Waals surface area contributed by atoms with Crippen LogP contribution < -0.4 is 5.32 Å². The number of hydrogen-bond acceptors (Lipinski definition) is 3. The van der Waals surface area contributed by atoms with Gasteiger partial charge in [-0.3, -0.25) is 0 Å². The van der Waals surface area contributed by atoms with Crippen LogP contribution in [0.4, 0.5) is 5.82 Å². The second kappa shape index (κ2) is 4.89. The van der Waals surface area contributed by atoms with Gasteiger partial charge >= 0.3 is 0 Å². The Bertz CT molecular complexity index is 498. The summed E-state index contributed by atoms with van der Waals surface area (Å²) >= 11 is 9.29. The fraction of sp³-hybridized carbons (Fsp3) is 0.182. The maximum atomic E-state index is 5.91. The molecule has 0 unspecified atom stereocenters. The molecule has 1 aromatic heterocycles. The van der Waals surface area contributed by atoms with E-state index in [4.69, 9.17) is 16.1 Å². The molecule has 0 bridgehead atoms. The van der Waals surface area contributed by atoms with Gasteiger partial charge in [-0.05, 0) is 40.5 Å². The fourth-order valence-electron chi connectivity index (χ4n) is 1.29. The number of benzene rings is 1. The molecule has 0 amide bonds. The van der Waals surface area contributed by atoms with Gasteiger partial charge in [0.25, 0.3) is 0 Å². The lowest BCUT2D eigenvalue weighted by atomic mass is 10.2. The van der Waals surface area contributed by atoms with Crippen molar-refractivity contribution in [2.75, 3.05) is 5.32 Å². The highest BCUT2D eigenvalue weighted by Crippen LogP contribution is 2.23. The highest BCUT2D eigenvalue weighted by Gasteiger charge is 2.01. The smallest absolute Gasteiger partial charge is 0.169 e. The summed E-state index contributed by atoms with van der Waals surface area (Å²) in [4.78, 5) is 0. The SMILES string of the molecule is Cc1cc(NCc2ccc(Cl)c(Br)c2)no1. The van der Waals surface area contributed by atoms with E-state index in [2.05, 4.69) is 26.4 Å². The topological polar surface area (TPSA) is 38.1 Å². The van der Waals surface area contributed by atoms with Crippen molar-refractivity contribution in [1.29, 1.82) is 0 Å². The van der Waals surface area contributed by atoms with Crippen molar-refractivity contribution in [3.8, 4) is 0 Å². The minimum atomic E-state index is 0.682. The lowest BCUT2D eigenvalue weighted by molar-refractivity contribution is 0.399. The van der Waals surface area contributed by atoms with Gasteiger partial charge in [0.05, 0.1) is 5.02 Å². The molecule has 0 atom stereocenters. The zero-order valence-electron chi connectivity index (χ0n) is 8.63. The van der Waals surface area contributed by atoms with E-state index in [1.807, 2.05) is 31.2 Å². The Morgan fingerprint density at radius 1 is 1.44 bits per heavy atom. The summed E-state index contributed by atoms with van der Waals surface area (Å²) in [5.74, 6) is 1.53. The highest BCUT2D eigenvalue weighted by molar-refractivity contribution is 9.10.